The minimum absolute atomic E-state index is 0.0868. The molecule has 1 aliphatic carbocycles. The van der Waals surface area contributed by atoms with Crippen molar-refractivity contribution in [1.82, 2.24) is 4.90 Å². The fourth-order valence-electron chi connectivity index (χ4n) is 3.87. The van der Waals surface area contributed by atoms with Crippen LogP contribution in [0.15, 0.2) is 53.1 Å². The first-order valence-corrected chi connectivity index (χ1v) is 11.2. The van der Waals surface area contributed by atoms with Crippen LogP contribution in [0.2, 0.25) is 0 Å². The summed E-state index contributed by atoms with van der Waals surface area (Å²) in [4.78, 5) is 29.7. The second kappa shape index (κ2) is 9.39. The lowest BCUT2D eigenvalue weighted by Gasteiger charge is -2.21. The molecular weight excluding hydrogens is 412 g/mol. The molecule has 0 radical (unpaired) electrons. The van der Waals surface area contributed by atoms with Crippen molar-refractivity contribution in [2.24, 2.45) is 5.92 Å². The summed E-state index contributed by atoms with van der Waals surface area (Å²) in [6, 6.07) is 12.8. The second-order valence-electron chi connectivity index (χ2n) is 7.90. The van der Waals surface area contributed by atoms with Crippen LogP contribution in [0, 0.1) is 5.92 Å². The van der Waals surface area contributed by atoms with Gasteiger partial charge in [0.05, 0.1) is 30.5 Å². The van der Waals surface area contributed by atoms with Crippen LogP contribution in [-0.4, -0.2) is 30.4 Å². The smallest absolute Gasteiger partial charge is 0.264 e. The van der Waals surface area contributed by atoms with Crippen molar-refractivity contribution in [2.45, 2.75) is 32.7 Å². The van der Waals surface area contributed by atoms with E-state index in [1.54, 1.807) is 49.0 Å². The number of carbonyl (C=O) groups excluding carboxylic acids is 2. The highest BCUT2D eigenvalue weighted by Crippen LogP contribution is 2.33. The minimum atomic E-state index is -0.292. The molecule has 2 heterocycles. The zero-order valence-electron chi connectivity index (χ0n) is 17.7. The molecule has 1 aliphatic rings. The number of para-hydroxylation sites is 2. The quantitative estimate of drug-likeness (QED) is 0.578. The van der Waals surface area contributed by atoms with Crippen molar-refractivity contribution >= 4 is 28.8 Å². The standard InChI is InChI=1S/C24H26N2O4S/c1-16-9-10-21-17(12-16)13-22(31-21)24(28)26(14-18-6-5-11-30-18)15-23(27)25-19-7-3-4-8-20(19)29-2/h3-8,11,13,16H,9-10,12,14-15H2,1-2H3,(H,25,27). The third-order valence-electron chi connectivity index (χ3n) is 5.47. The number of benzene rings is 1. The Morgan fingerprint density at radius 1 is 1.26 bits per heavy atom. The van der Waals surface area contributed by atoms with Crippen LogP contribution in [-0.2, 0) is 24.2 Å². The normalized spacial score (nSPS) is 15.2. The summed E-state index contributed by atoms with van der Waals surface area (Å²) in [5.74, 6) is 1.39. The van der Waals surface area contributed by atoms with Gasteiger partial charge in [0.2, 0.25) is 5.91 Å². The Morgan fingerprint density at radius 2 is 2.10 bits per heavy atom. The van der Waals surface area contributed by atoms with Gasteiger partial charge in [-0.25, -0.2) is 0 Å². The maximum Gasteiger partial charge on any atom is 0.264 e. The second-order valence-corrected chi connectivity index (χ2v) is 9.03. The summed E-state index contributed by atoms with van der Waals surface area (Å²) < 4.78 is 10.7. The number of anilines is 1. The van der Waals surface area contributed by atoms with Gasteiger partial charge in [-0.1, -0.05) is 19.1 Å². The number of hydrogen-bond acceptors (Lipinski definition) is 5. The summed E-state index contributed by atoms with van der Waals surface area (Å²) in [6.45, 7) is 2.38. The van der Waals surface area contributed by atoms with Gasteiger partial charge in [-0.05, 0) is 61.1 Å². The molecule has 2 amide bonds. The van der Waals surface area contributed by atoms with Gasteiger partial charge < -0.3 is 19.4 Å². The predicted molar refractivity (Wildman–Crippen MR) is 121 cm³/mol. The Hall–Kier alpha value is -3.06. The number of ether oxygens (including phenoxy) is 1. The molecule has 4 rings (SSSR count). The number of nitrogens with zero attached hydrogens (tertiary/aromatic N) is 1. The molecule has 1 N–H and O–H groups in total. The van der Waals surface area contributed by atoms with Gasteiger partial charge in [-0.15, -0.1) is 11.3 Å². The van der Waals surface area contributed by atoms with Crippen LogP contribution in [0.1, 0.15) is 39.2 Å². The van der Waals surface area contributed by atoms with Crippen molar-refractivity contribution in [3.05, 3.63) is 69.8 Å². The third-order valence-corrected chi connectivity index (χ3v) is 6.69. The summed E-state index contributed by atoms with van der Waals surface area (Å²) in [6.07, 6.45) is 4.74. The average molecular weight is 439 g/mol. The number of methoxy groups -OCH3 is 1. The fourth-order valence-corrected chi connectivity index (χ4v) is 5.04. The molecule has 1 atom stereocenters. The zero-order valence-corrected chi connectivity index (χ0v) is 18.5. The number of aryl methyl sites for hydroxylation is 1. The van der Waals surface area contributed by atoms with E-state index in [1.165, 1.54) is 15.3 Å². The lowest BCUT2D eigenvalue weighted by Crippen LogP contribution is -2.37. The molecule has 0 aliphatic heterocycles. The van der Waals surface area contributed by atoms with Gasteiger partial charge in [0, 0.05) is 4.88 Å². The molecule has 3 aromatic rings. The Labute approximate surface area is 185 Å². The van der Waals surface area contributed by atoms with Gasteiger partial charge in [0.15, 0.2) is 0 Å². The monoisotopic (exact) mass is 438 g/mol. The average Bonchev–Trinajstić information content (AvgIpc) is 3.42. The predicted octanol–water partition coefficient (Wildman–Crippen LogP) is 4.76. The minimum Gasteiger partial charge on any atom is -0.495 e. The molecule has 0 bridgehead atoms. The zero-order chi connectivity index (χ0) is 21.8. The number of thiophene rings is 1. The Bertz CT molecular complexity index is 1060. The van der Waals surface area contributed by atoms with Gasteiger partial charge >= 0.3 is 0 Å². The first-order chi connectivity index (χ1) is 15.0. The molecule has 0 fully saturated rings. The molecular formula is C24H26N2O4S. The largest absolute Gasteiger partial charge is 0.495 e. The highest BCUT2D eigenvalue weighted by molar-refractivity contribution is 7.14. The van der Waals surface area contributed by atoms with E-state index in [9.17, 15) is 9.59 Å². The number of nitrogens with one attached hydrogen (secondary N) is 1. The number of hydrogen-bond donors (Lipinski definition) is 1. The fraction of sp³-hybridized carbons (Fsp3) is 0.333. The maximum atomic E-state index is 13.4. The Kier molecular flexibility index (Phi) is 6.42. The van der Waals surface area contributed by atoms with Crippen molar-refractivity contribution < 1.29 is 18.7 Å². The SMILES string of the molecule is COc1ccccc1NC(=O)CN(Cc1ccco1)C(=O)c1cc2c(s1)CCC(C)C2. The van der Waals surface area contributed by atoms with Crippen molar-refractivity contribution in [1.29, 1.82) is 0 Å². The van der Waals surface area contributed by atoms with Crippen molar-refractivity contribution in [2.75, 3.05) is 19.0 Å². The topological polar surface area (TPSA) is 71.8 Å². The summed E-state index contributed by atoms with van der Waals surface area (Å²) >= 11 is 1.55. The number of amides is 2. The highest BCUT2D eigenvalue weighted by atomic mass is 32.1. The molecule has 1 unspecified atom stereocenters. The highest BCUT2D eigenvalue weighted by Gasteiger charge is 2.26. The Balaban J connectivity index is 1.53. The van der Waals surface area contributed by atoms with E-state index in [0.29, 0.717) is 28.0 Å². The summed E-state index contributed by atoms with van der Waals surface area (Å²) in [5.41, 5.74) is 1.84. The molecule has 31 heavy (non-hydrogen) atoms. The summed E-state index contributed by atoms with van der Waals surface area (Å²) in [5, 5.41) is 2.85. The molecule has 7 heteroatoms. The number of fused-ring (bicyclic) bond motifs is 1. The van der Waals surface area contributed by atoms with E-state index < -0.39 is 0 Å². The van der Waals surface area contributed by atoms with Gasteiger partial charge in [-0.3, -0.25) is 9.59 Å². The van der Waals surface area contributed by atoms with E-state index in [1.807, 2.05) is 18.2 Å². The van der Waals surface area contributed by atoms with Gasteiger partial charge in [0.25, 0.3) is 5.91 Å². The molecule has 162 valence electrons. The lowest BCUT2D eigenvalue weighted by atomic mass is 9.90. The first kappa shape index (κ1) is 21.2. The van der Waals surface area contributed by atoms with Crippen LogP contribution < -0.4 is 10.1 Å². The van der Waals surface area contributed by atoms with E-state index in [2.05, 4.69) is 12.2 Å². The van der Waals surface area contributed by atoms with Crippen LogP contribution in [0.4, 0.5) is 5.69 Å². The van der Waals surface area contributed by atoms with Gasteiger partial charge in [0.1, 0.15) is 18.1 Å². The number of rotatable bonds is 7. The lowest BCUT2D eigenvalue weighted by molar-refractivity contribution is -0.117. The third kappa shape index (κ3) is 4.99. The van der Waals surface area contributed by atoms with E-state index in [0.717, 1.165) is 19.3 Å². The molecule has 0 saturated carbocycles. The van der Waals surface area contributed by atoms with E-state index in [4.69, 9.17) is 9.15 Å². The van der Waals surface area contributed by atoms with Crippen LogP contribution in [0.3, 0.4) is 0 Å². The van der Waals surface area contributed by atoms with Crippen LogP contribution >= 0.6 is 11.3 Å². The molecule has 0 saturated heterocycles. The Morgan fingerprint density at radius 3 is 2.87 bits per heavy atom. The molecule has 1 aromatic carbocycles. The summed E-state index contributed by atoms with van der Waals surface area (Å²) in [7, 11) is 1.55. The number of carbonyl (C=O) groups is 2. The van der Waals surface area contributed by atoms with Crippen molar-refractivity contribution in [3.63, 3.8) is 0 Å². The molecule has 2 aromatic heterocycles. The van der Waals surface area contributed by atoms with Crippen LogP contribution in [0.25, 0.3) is 0 Å². The first-order valence-electron chi connectivity index (χ1n) is 10.4. The van der Waals surface area contributed by atoms with E-state index >= 15 is 0 Å². The van der Waals surface area contributed by atoms with Crippen LogP contribution in [0.5, 0.6) is 5.75 Å². The van der Waals surface area contributed by atoms with Crippen molar-refractivity contribution in [3.8, 4) is 5.75 Å². The van der Waals surface area contributed by atoms with E-state index in [-0.39, 0.29) is 24.9 Å². The molecule has 6 nitrogen and oxygen atoms in total. The van der Waals surface area contributed by atoms with Gasteiger partial charge in [-0.2, -0.15) is 0 Å². The maximum absolute atomic E-state index is 13.4. The molecule has 0 spiro atoms. The number of furan rings is 1.